The molecule has 152 valence electrons. The van der Waals surface area contributed by atoms with Crippen LogP contribution >= 0.6 is 27.5 Å². The van der Waals surface area contributed by atoms with Crippen LogP contribution in [0, 0.1) is 5.82 Å². The van der Waals surface area contributed by atoms with Gasteiger partial charge < -0.3 is 14.8 Å². The molecule has 0 aliphatic rings. The minimum Gasteiger partial charge on any atom is -0.490 e. The van der Waals surface area contributed by atoms with Gasteiger partial charge in [0.25, 0.3) is 0 Å². The molecule has 0 aliphatic heterocycles. The first-order chi connectivity index (χ1) is 14.0. The van der Waals surface area contributed by atoms with Gasteiger partial charge in [0.15, 0.2) is 11.5 Å². The van der Waals surface area contributed by atoms with Gasteiger partial charge in [0.05, 0.1) is 6.61 Å². The molecule has 0 bridgehead atoms. The van der Waals surface area contributed by atoms with E-state index in [4.69, 9.17) is 21.1 Å². The van der Waals surface area contributed by atoms with Crippen molar-refractivity contribution in [3.8, 4) is 11.5 Å². The Morgan fingerprint density at radius 2 is 1.69 bits per heavy atom. The molecule has 6 heteroatoms. The Morgan fingerprint density at radius 1 is 0.931 bits per heavy atom. The van der Waals surface area contributed by atoms with Crippen LogP contribution in [0.5, 0.6) is 11.5 Å². The van der Waals surface area contributed by atoms with Crippen LogP contribution in [0.3, 0.4) is 0 Å². The van der Waals surface area contributed by atoms with E-state index in [9.17, 15) is 4.39 Å². The molecule has 0 radical (unpaired) electrons. The third-order valence-electron chi connectivity index (χ3n) is 4.25. The molecule has 0 saturated heterocycles. The average Bonchev–Trinajstić information content (AvgIpc) is 2.70. The highest BCUT2D eigenvalue weighted by atomic mass is 79.9. The maximum Gasteiger partial charge on any atom is 0.162 e. The quantitative estimate of drug-likeness (QED) is 0.380. The van der Waals surface area contributed by atoms with Crippen molar-refractivity contribution in [3.63, 3.8) is 0 Å². The Balaban J connectivity index is 1.67. The molecule has 3 nitrogen and oxygen atoms in total. The van der Waals surface area contributed by atoms with Crippen molar-refractivity contribution in [2.75, 3.05) is 6.61 Å². The van der Waals surface area contributed by atoms with Crippen molar-refractivity contribution >= 4 is 27.5 Å². The molecule has 29 heavy (non-hydrogen) atoms. The van der Waals surface area contributed by atoms with Crippen LogP contribution in [0.1, 0.15) is 23.6 Å². The molecule has 0 aliphatic carbocycles. The van der Waals surface area contributed by atoms with Crippen molar-refractivity contribution in [1.82, 2.24) is 5.32 Å². The Labute approximate surface area is 183 Å². The van der Waals surface area contributed by atoms with E-state index < -0.39 is 0 Å². The van der Waals surface area contributed by atoms with Gasteiger partial charge >= 0.3 is 0 Å². The number of hydrogen-bond acceptors (Lipinski definition) is 3. The highest BCUT2D eigenvalue weighted by Gasteiger charge is 2.11. The summed E-state index contributed by atoms with van der Waals surface area (Å²) in [5.74, 6) is 1.13. The lowest BCUT2D eigenvalue weighted by Gasteiger charge is -2.16. The van der Waals surface area contributed by atoms with Crippen molar-refractivity contribution in [1.29, 1.82) is 0 Å². The van der Waals surface area contributed by atoms with E-state index in [1.54, 1.807) is 12.1 Å². The van der Waals surface area contributed by atoms with E-state index in [1.807, 2.05) is 43.3 Å². The lowest BCUT2D eigenvalue weighted by atomic mass is 10.1. The van der Waals surface area contributed by atoms with Crippen LogP contribution in [0.4, 0.5) is 4.39 Å². The molecule has 0 aromatic heterocycles. The summed E-state index contributed by atoms with van der Waals surface area (Å²) in [6.45, 7) is 4.15. The molecule has 0 saturated carbocycles. The van der Waals surface area contributed by atoms with Crippen LogP contribution < -0.4 is 14.8 Å². The van der Waals surface area contributed by atoms with Crippen LogP contribution in [0.25, 0.3) is 0 Å². The van der Waals surface area contributed by atoms with Crippen molar-refractivity contribution in [3.05, 3.63) is 92.7 Å². The fourth-order valence-corrected chi connectivity index (χ4v) is 3.50. The predicted octanol–water partition coefficient (Wildman–Crippen LogP) is 6.51. The number of halogens is 3. The summed E-state index contributed by atoms with van der Waals surface area (Å²) in [5, 5.41) is 4.05. The summed E-state index contributed by atoms with van der Waals surface area (Å²) in [6.07, 6.45) is 0. The molecular formula is C23H22BrClFNO2. The van der Waals surface area contributed by atoms with Gasteiger partial charge in [-0.1, -0.05) is 51.8 Å². The molecule has 3 rings (SSSR count). The van der Waals surface area contributed by atoms with Crippen molar-refractivity contribution in [2.24, 2.45) is 0 Å². The summed E-state index contributed by atoms with van der Waals surface area (Å²) in [4.78, 5) is 0. The van der Waals surface area contributed by atoms with E-state index >= 15 is 0 Å². The van der Waals surface area contributed by atoms with Crippen LogP contribution in [-0.2, 0) is 19.7 Å². The number of hydrogen-bond donors (Lipinski definition) is 1. The van der Waals surface area contributed by atoms with E-state index in [2.05, 4.69) is 21.2 Å². The number of benzene rings is 3. The minimum atomic E-state index is -0.230. The Bertz CT molecular complexity index is 950. The summed E-state index contributed by atoms with van der Waals surface area (Å²) >= 11 is 9.66. The van der Waals surface area contributed by atoms with Crippen molar-refractivity contribution in [2.45, 2.75) is 26.6 Å². The Hall–Kier alpha value is -2.08. The maximum absolute atomic E-state index is 13.0. The first-order valence-electron chi connectivity index (χ1n) is 9.32. The number of nitrogens with one attached hydrogen (secondary N) is 1. The molecule has 0 unspecified atom stereocenters. The number of ether oxygens (including phenoxy) is 2. The summed E-state index contributed by atoms with van der Waals surface area (Å²) in [5.41, 5.74) is 3.06. The molecule has 0 heterocycles. The van der Waals surface area contributed by atoms with E-state index in [0.29, 0.717) is 42.8 Å². The SMILES string of the molecule is CCOc1cc(CNCc2ccc(F)cc2)c(Br)cc1OCc1cccc(Cl)c1. The van der Waals surface area contributed by atoms with E-state index in [-0.39, 0.29) is 5.82 Å². The van der Waals surface area contributed by atoms with Gasteiger partial charge in [-0.25, -0.2) is 4.39 Å². The van der Waals surface area contributed by atoms with Gasteiger partial charge in [-0.05, 0) is 60.0 Å². The van der Waals surface area contributed by atoms with Crippen LogP contribution in [-0.4, -0.2) is 6.61 Å². The van der Waals surface area contributed by atoms with E-state index in [0.717, 1.165) is 21.2 Å². The summed E-state index contributed by atoms with van der Waals surface area (Å²) < 4.78 is 25.7. The second-order valence-electron chi connectivity index (χ2n) is 6.47. The monoisotopic (exact) mass is 477 g/mol. The zero-order valence-corrected chi connectivity index (χ0v) is 18.4. The average molecular weight is 479 g/mol. The Morgan fingerprint density at radius 3 is 2.41 bits per heavy atom. The second-order valence-corrected chi connectivity index (χ2v) is 7.76. The maximum atomic E-state index is 13.0. The molecule has 3 aromatic rings. The predicted molar refractivity (Wildman–Crippen MR) is 118 cm³/mol. The lowest BCUT2D eigenvalue weighted by Crippen LogP contribution is -2.13. The fraction of sp³-hybridized carbons (Fsp3) is 0.217. The second kappa shape index (κ2) is 10.6. The Kier molecular flexibility index (Phi) is 7.92. The van der Waals surface area contributed by atoms with Gasteiger partial charge in [-0.15, -0.1) is 0 Å². The van der Waals surface area contributed by atoms with Gasteiger partial charge in [-0.3, -0.25) is 0 Å². The molecular weight excluding hydrogens is 457 g/mol. The first kappa shape index (κ1) is 21.6. The molecule has 0 atom stereocenters. The molecule has 0 fully saturated rings. The van der Waals surface area contributed by atoms with Gasteiger partial charge in [0, 0.05) is 22.6 Å². The van der Waals surface area contributed by atoms with Gasteiger partial charge in [-0.2, -0.15) is 0 Å². The largest absolute Gasteiger partial charge is 0.490 e. The third-order valence-corrected chi connectivity index (χ3v) is 5.23. The molecule has 0 spiro atoms. The molecule has 0 amide bonds. The van der Waals surface area contributed by atoms with Gasteiger partial charge in [0.2, 0.25) is 0 Å². The normalized spacial score (nSPS) is 10.8. The van der Waals surface area contributed by atoms with Crippen LogP contribution in [0.2, 0.25) is 5.02 Å². The smallest absolute Gasteiger partial charge is 0.162 e. The highest BCUT2D eigenvalue weighted by molar-refractivity contribution is 9.10. The zero-order chi connectivity index (χ0) is 20.6. The summed E-state index contributed by atoms with van der Waals surface area (Å²) in [6, 6.07) is 17.9. The summed E-state index contributed by atoms with van der Waals surface area (Å²) in [7, 11) is 0. The zero-order valence-electron chi connectivity index (χ0n) is 16.1. The third kappa shape index (κ3) is 6.46. The van der Waals surface area contributed by atoms with Crippen molar-refractivity contribution < 1.29 is 13.9 Å². The highest BCUT2D eigenvalue weighted by Crippen LogP contribution is 2.34. The van der Waals surface area contributed by atoms with Gasteiger partial charge in [0.1, 0.15) is 12.4 Å². The lowest BCUT2D eigenvalue weighted by molar-refractivity contribution is 0.269. The van der Waals surface area contributed by atoms with Crippen LogP contribution in [0.15, 0.2) is 65.1 Å². The minimum absolute atomic E-state index is 0.230. The first-order valence-corrected chi connectivity index (χ1v) is 10.5. The molecule has 3 aromatic carbocycles. The fourth-order valence-electron chi connectivity index (χ4n) is 2.83. The topological polar surface area (TPSA) is 30.5 Å². The molecule has 1 N–H and O–H groups in total. The van der Waals surface area contributed by atoms with E-state index in [1.165, 1.54) is 12.1 Å². The number of rotatable bonds is 9. The standard InChI is InChI=1S/C23H22BrClFNO2/c1-2-28-22-11-18(14-27-13-16-6-8-20(26)9-7-16)21(24)12-23(22)29-15-17-4-3-5-19(25)10-17/h3-12,27H,2,13-15H2,1H3.